The van der Waals surface area contributed by atoms with Crippen LogP contribution in [0.15, 0.2) is 34.8 Å². The van der Waals surface area contributed by atoms with Gasteiger partial charge >= 0.3 is 0 Å². The number of anilines is 1. The summed E-state index contributed by atoms with van der Waals surface area (Å²) in [4.78, 5) is 0. The topological polar surface area (TPSA) is 12.0 Å². The molecule has 106 valence electrons. The fraction of sp³-hybridized carbons (Fsp3) is 0.294. The van der Waals surface area contributed by atoms with Crippen LogP contribution in [0.2, 0.25) is 5.02 Å². The second-order valence-electron chi connectivity index (χ2n) is 5.28. The number of rotatable bonds is 3. The molecule has 0 radical (unpaired) electrons. The largest absolute Gasteiger partial charge is 0.378 e. The summed E-state index contributed by atoms with van der Waals surface area (Å²) in [5.41, 5.74) is 6.31. The van der Waals surface area contributed by atoms with Crippen molar-refractivity contribution >= 4 is 33.2 Å². The van der Waals surface area contributed by atoms with Crippen molar-refractivity contribution in [3.8, 4) is 0 Å². The van der Waals surface area contributed by atoms with Crippen molar-refractivity contribution in [3.05, 3.63) is 62.1 Å². The molecule has 1 N–H and O–H groups in total. The van der Waals surface area contributed by atoms with Crippen LogP contribution in [0.5, 0.6) is 0 Å². The fourth-order valence-electron chi connectivity index (χ4n) is 2.37. The van der Waals surface area contributed by atoms with E-state index in [2.05, 4.69) is 61.1 Å². The van der Waals surface area contributed by atoms with Crippen molar-refractivity contribution < 1.29 is 0 Å². The Balaban J connectivity index is 2.30. The second-order valence-corrected chi connectivity index (χ2v) is 6.57. The maximum Gasteiger partial charge on any atom is 0.0504 e. The third-order valence-electron chi connectivity index (χ3n) is 3.65. The van der Waals surface area contributed by atoms with E-state index in [0.717, 1.165) is 15.2 Å². The van der Waals surface area contributed by atoms with Gasteiger partial charge in [0.15, 0.2) is 0 Å². The van der Waals surface area contributed by atoms with Gasteiger partial charge in [0, 0.05) is 15.5 Å². The first kappa shape index (κ1) is 15.4. The highest BCUT2D eigenvalue weighted by Crippen LogP contribution is 2.30. The molecule has 0 fully saturated rings. The average Bonchev–Trinajstić information content (AvgIpc) is 2.38. The number of hydrogen-bond donors (Lipinski definition) is 1. The SMILES string of the molecule is Cc1cc(C)c(C(C)Nc2cc(Cl)ccc2Br)cc1C. The van der Waals surface area contributed by atoms with Gasteiger partial charge in [0.05, 0.1) is 5.69 Å². The van der Waals surface area contributed by atoms with Crippen LogP contribution in [0, 0.1) is 20.8 Å². The van der Waals surface area contributed by atoms with Crippen molar-refractivity contribution in [2.75, 3.05) is 5.32 Å². The minimum atomic E-state index is 0.226. The second kappa shape index (κ2) is 6.19. The van der Waals surface area contributed by atoms with E-state index in [9.17, 15) is 0 Å². The molecule has 1 unspecified atom stereocenters. The van der Waals surface area contributed by atoms with Crippen molar-refractivity contribution in [2.45, 2.75) is 33.7 Å². The smallest absolute Gasteiger partial charge is 0.0504 e. The lowest BCUT2D eigenvalue weighted by Crippen LogP contribution is -2.09. The number of nitrogens with one attached hydrogen (secondary N) is 1. The first-order chi connectivity index (χ1) is 9.38. The van der Waals surface area contributed by atoms with Gasteiger partial charge in [-0.15, -0.1) is 0 Å². The quantitative estimate of drug-likeness (QED) is 0.693. The van der Waals surface area contributed by atoms with E-state index in [1.807, 2.05) is 18.2 Å². The van der Waals surface area contributed by atoms with Crippen molar-refractivity contribution in [1.29, 1.82) is 0 Å². The van der Waals surface area contributed by atoms with E-state index >= 15 is 0 Å². The highest BCUT2D eigenvalue weighted by atomic mass is 79.9. The highest BCUT2D eigenvalue weighted by Gasteiger charge is 2.11. The molecule has 1 nitrogen and oxygen atoms in total. The highest BCUT2D eigenvalue weighted by molar-refractivity contribution is 9.10. The average molecular weight is 353 g/mol. The van der Waals surface area contributed by atoms with Crippen LogP contribution < -0.4 is 5.32 Å². The van der Waals surface area contributed by atoms with Gasteiger partial charge in [-0.25, -0.2) is 0 Å². The molecule has 2 rings (SSSR count). The molecule has 0 heterocycles. The van der Waals surface area contributed by atoms with Gasteiger partial charge in [-0.1, -0.05) is 23.7 Å². The summed E-state index contributed by atoms with van der Waals surface area (Å²) in [6.07, 6.45) is 0. The van der Waals surface area contributed by atoms with Crippen molar-refractivity contribution in [1.82, 2.24) is 0 Å². The lowest BCUT2D eigenvalue weighted by Gasteiger charge is -2.20. The molecule has 0 saturated heterocycles. The Morgan fingerprint density at radius 3 is 2.35 bits per heavy atom. The number of hydrogen-bond acceptors (Lipinski definition) is 1. The number of aryl methyl sites for hydroxylation is 3. The molecule has 0 aliphatic heterocycles. The minimum absolute atomic E-state index is 0.226. The maximum absolute atomic E-state index is 6.06. The molecule has 0 bridgehead atoms. The zero-order chi connectivity index (χ0) is 14.9. The third-order valence-corrected chi connectivity index (χ3v) is 4.58. The van der Waals surface area contributed by atoms with E-state index in [4.69, 9.17) is 11.6 Å². The minimum Gasteiger partial charge on any atom is -0.378 e. The molecular formula is C17H19BrClN. The van der Waals surface area contributed by atoms with Crippen LogP contribution in [0.3, 0.4) is 0 Å². The summed E-state index contributed by atoms with van der Waals surface area (Å²) in [6.45, 7) is 8.63. The molecular weight excluding hydrogens is 334 g/mol. The Kier molecular flexibility index (Phi) is 4.77. The Bertz CT molecular complexity index is 637. The molecule has 3 heteroatoms. The van der Waals surface area contributed by atoms with E-state index in [0.29, 0.717) is 0 Å². The van der Waals surface area contributed by atoms with Gasteiger partial charge < -0.3 is 5.32 Å². The predicted molar refractivity (Wildman–Crippen MR) is 91.8 cm³/mol. The number of benzene rings is 2. The molecule has 0 aliphatic rings. The van der Waals surface area contributed by atoms with Gasteiger partial charge in [-0.2, -0.15) is 0 Å². The fourth-order valence-corrected chi connectivity index (χ4v) is 2.90. The van der Waals surface area contributed by atoms with Crippen LogP contribution in [-0.4, -0.2) is 0 Å². The van der Waals surface area contributed by atoms with Crippen LogP contribution >= 0.6 is 27.5 Å². The summed E-state index contributed by atoms with van der Waals surface area (Å²) >= 11 is 9.62. The molecule has 0 spiro atoms. The summed E-state index contributed by atoms with van der Waals surface area (Å²) in [5.74, 6) is 0. The molecule has 2 aromatic rings. The zero-order valence-corrected chi connectivity index (χ0v) is 14.6. The Morgan fingerprint density at radius 1 is 1.00 bits per heavy atom. The molecule has 2 aromatic carbocycles. The van der Waals surface area contributed by atoms with E-state index in [-0.39, 0.29) is 6.04 Å². The summed E-state index contributed by atoms with van der Waals surface area (Å²) < 4.78 is 1.02. The Morgan fingerprint density at radius 2 is 1.65 bits per heavy atom. The number of halogens is 2. The lowest BCUT2D eigenvalue weighted by atomic mass is 9.96. The standard InChI is InChI=1S/C17H19BrClN/c1-10-7-12(3)15(8-11(10)2)13(4)20-17-9-14(19)5-6-16(17)18/h5-9,13,20H,1-4H3. The van der Waals surface area contributed by atoms with Crippen LogP contribution in [0.25, 0.3) is 0 Å². The van der Waals surface area contributed by atoms with Crippen LogP contribution in [0.4, 0.5) is 5.69 Å². The third kappa shape index (κ3) is 3.36. The van der Waals surface area contributed by atoms with E-state index < -0.39 is 0 Å². The molecule has 0 aliphatic carbocycles. The normalized spacial score (nSPS) is 12.3. The molecule has 0 aromatic heterocycles. The molecule has 1 atom stereocenters. The summed E-state index contributed by atoms with van der Waals surface area (Å²) in [6, 6.07) is 10.5. The summed E-state index contributed by atoms with van der Waals surface area (Å²) in [7, 11) is 0. The maximum atomic E-state index is 6.06. The molecule has 20 heavy (non-hydrogen) atoms. The predicted octanol–water partition coefficient (Wildman–Crippen LogP) is 6.20. The van der Waals surface area contributed by atoms with E-state index in [1.165, 1.54) is 22.3 Å². The van der Waals surface area contributed by atoms with Crippen LogP contribution in [0.1, 0.15) is 35.2 Å². The van der Waals surface area contributed by atoms with Crippen molar-refractivity contribution in [3.63, 3.8) is 0 Å². The molecule has 0 saturated carbocycles. The van der Waals surface area contributed by atoms with Gasteiger partial charge in [0.25, 0.3) is 0 Å². The van der Waals surface area contributed by atoms with E-state index in [1.54, 1.807) is 0 Å². The van der Waals surface area contributed by atoms with Gasteiger partial charge in [0.2, 0.25) is 0 Å². The Labute approximate surface area is 134 Å². The summed E-state index contributed by atoms with van der Waals surface area (Å²) in [5, 5.41) is 4.26. The Hall–Kier alpha value is -0.990. The van der Waals surface area contributed by atoms with Gasteiger partial charge in [0.1, 0.15) is 0 Å². The first-order valence-electron chi connectivity index (χ1n) is 6.68. The van der Waals surface area contributed by atoms with Gasteiger partial charge in [-0.05, 0) is 84.1 Å². The molecule has 0 amide bonds. The zero-order valence-electron chi connectivity index (χ0n) is 12.2. The van der Waals surface area contributed by atoms with Crippen molar-refractivity contribution in [2.24, 2.45) is 0 Å². The first-order valence-corrected chi connectivity index (χ1v) is 7.85. The lowest BCUT2D eigenvalue weighted by molar-refractivity contribution is 0.869. The van der Waals surface area contributed by atoms with Crippen LogP contribution in [-0.2, 0) is 0 Å². The monoisotopic (exact) mass is 351 g/mol. The van der Waals surface area contributed by atoms with Gasteiger partial charge in [-0.3, -0.25) is 0 Å².